The third-order valence-electron chi connectivity index (χ3n) is 3.06. The summed E-state index contributed by atoms with van der Waals surface area (Å²) in [6, 6.07) is -0.0777. The van der Waals surface area contributed by atoms with Crippen molar-refractivity contribution in [3.63, 3.8) is 0 Å². The summed E-state index contributed by atoms with van der Waals surface area (Å²) >= 11 is 1.38. The molecule has 0 spiro atoms. The van der Waals surface area contributed by atoms with Crippen LogP contribution in [0, 0.1) is 0 Å². The van der Waals surface area contributed by atoms with Gasteiger partial charge in [0.2, 0.25) is 0 Å². The Morgan fingerprint density at radius 2 is 2.15 bits per heavy atom. The lowest BCUT2D eigenvalue weighted by molar-refractivity contribution is 0.0941. The third kappa shape index (κ3) is 3.07. The Labute approximate surface area is 123 Å². The van der Waals surface area contributed by atoms with Crippen LogP contribution in [0.5, 0.6) is 0 Å². The van der Waals surface area contributed by atoms with E-state index in [9.17, 15) is 4.79 Å². The first-order valence-electron chi connectivity index (χ1n) is 6.52. The molecule has 1 amide bonds. The van der Waals surface area contributed by atoms with Crippen molar-refractivity contribution in [3.05, 3.63) is 34.0 Å². The van der Waals surface area contributed by atoms with E-state index in [1.54, 1.807) is 16.4 Å². The first-order valence-corrected chi connectivity index (χ1v) is 7.40. The Kier molecular flexibility index (Phi) is 3.94. The van der Waals surface area contributed by atoms with E-state index in [0.717, 1.165) is 11.3 Å². The van der Waals surface area contributed by atoms with Crippen LogP contribution in [-0.4, -0.2) is 20.7 Å². The van der Waals surface area contributed by atoms with E-state index < -0.39 is 0 Å². The minimum Gasteiger partial charge on any atom is -0.345 e. The number of hydrogen-bond acceptors (Lipinski definition) is 4. The minimum absolute atomic E-state index is 0.0752. The molecule has 6 heteroatoms. The number of aryl methyl sites for hydroxylation is 1. The topological polar surface area (TPSA) is 59.8 Å². The van der Waals surface area contributed by atoms with Gasteiger partial charge >= 0.3 is 0 Å². The molecule has 0 aliphatic rings. The van der Waals surface area contributed by atoms with Crippen LogP contribution in [0.4, 0.5) is 0 Å². The van der Waals surface area contributed by atoms with Gasteiger partial charge in [0.05, 0.1) is 23.4 Å². The molecule has 0 fully saturated rings. The highest BCUT2D eigenvalue weighted by Crippen LogP contribution is 2.27. The molecule has 1 unspecified atom stereocenters. The van der Waals surface area contributed by atoms with Gasteiger partial charge in [0.25, 0.3) is 5.91 Å². The number of carbonyl (C=O) groups excluding carboxylic acids is 1. The fourth-order valence-electron chi connectivity index (χ4n) is 1.95. The predicted molar refractivity (Wildman–Crippen MR) is 79.9 cm³/mol. The van der Waals surface area contributed by atoms with Gasteiger partial charge in [-0.25, -0.2) is 4.98 Å². The molecule has 0 aliphatic heterocycles. The summed E-state index contributed by atoms with van der Waals surface area (Å²) in [4.78, 5) is 17.4. The first kappa shape index (κ1) is 14.7. The Hall–Kier alpha value is -1.69. The largest absolute Gasteiger partial charge is 0.345 e. The van der Waals surface area contributed by atoms with Crippen LogP contribution in [-0.2, 0) is 12.5 Å². The average Bonchev–Trinajstić information content (AvgIpc) is 2.95. The quantitative estimate of drug-likeness (QED) is 0.946. The van der Waals surface area contributed by atoms with Crippen LogP contribution < -0.4 is 5.32 Å². The maximum absolute atomic E-state index is 12.4. The van der Waals surface area contributed by atoms with Gasteiger partial charge in [-0.1, -0.05) is 20.8 Å². The highest BCUT2D eigenvalue weighted by molar-refractivity contribution is 7.11. The zero-order valence-electron chi connectivity index (χ0n) is 12.5. The molecule has 0 saturated carbocycles. The van der Waals surface area contributed by atoms with Crippen molar-refractivity contribution in [2.75, 3.05) is 0 Å². The number of aromatic nitrogens is 3. The maximum atomic E-state index is 12.4. The molecule has 2 aromatic rings. The standard InChI is InChI=1S/C14H20N4OS/c1-9(10-6-16-18(5)7-10)17-13(19)11-12(14(2,3)4)15-8-20-11/h6-9H,1-5H3,(H,17,19). The van der Waals surface area contributed by atoms with Gasteiger partial charge in [0.1, 0.15) is 4.88 Å². The molecular weight excluding hydrogens is 272 g/mol. The summed E-state index contributed by atoms with van der Waals surface area (Å²) in [5.41, 5.74) is 3.43. The van der Waals surface area contributed by atoms with Gasteiger partial charge in [-0.15, -0.1) is 11.3 Å². The van der Waals surface area contributed by atoms with Crippen molar-refractivity contribution in [2.45, 2.75) is 39.2 Å². The van der Waals surface area contributed by atoms with Gasteiger partial charge in [-0.3, -0.25) is 9.48 Å². The first-order chi connectivity index (χ1) is 9.29. The van der Waals surface area contributed by atoms with E-state index in [2.05, 4.69) is 36.2 Å². The molecular formula is C14H20N4OS. The zero-order valence-corrected chi connectivity index (χ0v) is 13.3. The number of carbonyl (C=O) groups is 1. The van der Waals surface area contributed by atoms with Crippen molar-refractivity contribution in [2.24, 2.45) is 7.05 Å². The van der Waals surface area contributed by atoms with Crippen LogP contribution in [0.1, 0.15) is 54.7 Å². The fourth-order valence-corrected chi connectivity index (χ4v) is 2.85. The summed E-state index contributed by atoms with van der Waals surface area (Å²) < 4.78 is 1.73. The molecule has 108 valence electrons. The van der Waals surface area contributed by atoms with Crippen LogP contribution >= 0.6 is 11.3 Å². The second kappa shape index (κ2) is 5.36. The molecule has 0 saturated heterocycles. The summed E-state index contributed by atoms with van der Waals surface area (Å²) in [5, 5.41) is 7.12. The number of nitrogens with one attached hydrogen (secondary N) is 1. The second-order valence-electron chi connectivity index (χ2n) is 5.92. The van der Waals surface area contributed by atoms with Gasteiger partial charge in [0.15, 0.2) is 0 Å². The number of nitrogens with zero attached hydrogens (tertiary/aromatic N) is 3. The van der Waals surface area contributed by atoms with Crippen LogP contribution in [0.15, 0.2) is 17.9 Å². The van der Waals surface area contributed by atoms with Crippen LogP contribution in [0.2, 0.25) is 0 Å². The number of amides is 1. The number of hydrogen-bond donors (Lipinski definition) is 1. The lowest BCUT2D eigenvalue weighted by Crippen LogP contribution is -2.28. The van der Waals surface area contributed by atoms with E-state index >= 15 is 0 Å². The summed E-state index contributed by atoms with van der Waals surface area (Å²) in [5.74, 6) is -0.0752. The Balaban J connectivity index is 2.15. The van der Waals surface area contributed by atoms with E-state index in [1.165, 1.54) is 11.3 Å². The molecule has 0 bridgehead atoms. The third-order valence-corrected chi connectivity index (χ3v) is 3.88. The maximum Gasteiger partial charge on any atom is 0.263 e. The van der Waals surface area contributed by atoms with Crippen molar-refractivity contribution in [1.29, 1.82) is 0 Å². The zero-order chi connectivity index (χ0) is 14.9. The molecule has 1 N–H and O–H groups in total. The number of thiazole rings is 1. The smallest absolute Gasteiger partial charge is 0.263 e. The normalized spacial score (nSPS) is 13.2. The highest BCUT2D eigenvalue weighted by Gasteiger charge is 2.25. The molecule has 0 radical (unpaired) electrons. The van der Waals surface area contributed by atoms with Gasteiger partial charge < -0.3 is 5.32 Å². The molecule has 2 heterocycles. The van der Waals surface area contributed by atoms with Crippen LogP contribution in [0.25, 0.3) is 0 Å². The van der Waals surface area contributed by atoms with Crippen LogP contribution in [0.3, 0.4) is 0 Å². The Bertz CT molecular complexity index is 609. The summed E-state index contributed by atoms with van der Waals surface area (Å²) in [6.45, 7) is 8.13. The molecule has 2 aromatic heterocycles. The summed E-state index contributed by atoms with van der Waals surface area (Å²) in [6.07, 6.45) is 3.67. The second-order valence-corrected chi connectivity index (χ2v) is 6.78. The predicted octanol–water partition coefficient (Wildman–Crippen LogP) is 2.67. The minimum atomic E-state index is -0.135. The van der Waals surface area contributed by atoms with E-state index in [4.69, 9.17) is 0 Å². The van der Waals surface area contributed by atoms with E-state index in [0.29, 0.717) is 4.88 Å². The highest BCUT2D eigenvalue weighted by atomic mass is 32.1. The summed E-state index contributed by atoms with van der Waals surface area (Å²) in [7, 11) is 1.86. The van der Waals surface area contributed by atoms with Crippen molar-refractivity contribution in [3.8, 4) is 0 Å². The average molecular weight is 292 g/mol. The molecule has 20 heavy (non-hydrogen) atoms. The molecule has 0 aliphatic carbocycles. The van der Waals surface area contributed by atoms with Gasteiger partial charge in [-0.2, -0.15) is 5.10 Å². The van der Waals surface area contributed by atoms with E-state index in [-0.39, 0.29) is 17.4 Å². The molecule has 0 aromatic carbocycles. The number of rotatable bonds is 3. The lowest BCUT2D eigenvalue weighted by Gasteiger charge is -2.18. The lowest BCUT2D eigenvalue weighted by atomic mass is 9.91. The van der Waals surface area contributed by atoms with Crippen molar-refractivity contribution in [1.82, 2.24) is 20.1 Å². The van der Waals surface area contributed by atoms with Crippen molar-refractivity contribution < 1.29 is 4.79 Å². The van der Waals surface area contributed by atoms with Crippen molar-refractivity contribution >= 4 is 17.2 Å². The fraction of sp³-hybridized carbons (Fsp3) is 0.500. The molecule has 1 atom stereocenters. The molecule has 5 nitrogen and oxygen atoms in total. The monoisotopic (exact) mass is 292 g/mol. The Morgan fingerprint density at radius 3 is 2.70 bits per heavy atom. The Morgan fingerprint density at radius 1 is 1.45 bits per heavy atom. The van der Waals surface area contributed by atoms with Gasteiger partial charge in [0, 0.05) is 24.2 Å². The SMILES string of the molecule is CC(NC(=O)c1scnc1C(C)(C)C)c1cnn(C)c1. The molecule has 2 rings (SSSR count). The van der Waals surface area contributed by atoms with Gasteiger partial charge in [-0.05, 0) is 6.92 Å². The van der Waals surface area contributed by atoms with E-state index in [1.807, 2.05) is 20.2 Å².